The largest absolute Gasteiger partial charge is 0.421 e. The first kappa shape index (κ1) is 19.6. The number of ether oxygens (including phenoxy) is 1. The average molecular weight is 395 g/mol. The summed E-state index contributed by atoms with van der Waals surface area (Å²) < 4.78 is 10.8. The average Bonchev–Trinajstić information content (AvgIpc) is 3.33. The molecule has 0 N–H and O–H groups in total. The molecule has 8 heteroatoms. The summed E-state index contributed by atoms with van der Waals surface area (Å²) in [6, 6.07) is 9.04. The minimum absolute atomic E-state index is 0.0355. The number of aromatic nitrogens is 2. The molecule has 1 aromatic carbocycles. The van der Waals surface area contributed by atoms with Crippen molar-refractivity contribution in [3.8, 4) is 6.07 Å². The summed E-state index contributed by atoms with van der Waals surface area (Å²) in [4.78, 5) is 17.0. The van der Waals surface area contributed by atoms with Gasteiger partial charge in [0.2, 0.25) is 11.8 Å². The monoisotopic (exact) mass is 395 g/mol. The first-order chi connectivity index (χ1) is 14.0. The van der Waals surface area contributed by atoms with Crippen LogP contribution in [0.1, 0.15) is 53.0 Å². The molecule has 0 bridgehead atoms. The van der Waals surface area contributed by atoms with Crippen molar-refractivity contribution in [1.29, 1.82) is 5.26 Å². The molecule has 1 aromatic heterocycles. The molecule has 2 aliphatic rings. The fourth-order valence-corrected chi connectivity index (χ4v) is 4.54. The molecule has 0 radical (unpaired) electrons. The van der Waals surface area contributed by atoms with Gasteiger partial charge in [-0.1, -0.05) is 0 Å². The van der Waals surface area contributed by atoms with Gasteiger partial charge >= 0.3 is 0 Å². The topological polar surface area (TPSA) is 95.5 Å². The van der Waals surface area contributed by atoms with Crippen molar-refractivity contribution in [3.63, 3.8) is 0 Å². The first-order valence-electron chi connectivity index (χ1n) is 9.84. The van der Waals surface area contributed by atoms with Crippen molar-refractivity contribution in [2.75, 3.05) is 33.8 Å². The van der Waals surface area contributed by atoms with E-state index in [1.807, 2.05) is 4.90 Å². The van der Waals surface area contributed by atoms with Gasteiger partial charge in [-0.05, 0) is 56.0 Å². The molecule has 1 unspecified atom stereocenters. The molecule has 1 atom stereocenters. The second-order valence-corrected chi connectivity index (χ2v) is 8.08. The summed E-state index contributed by atoms with van der Waals surface area (Å²) in [6.45, 7) is 2.75. The van der Waals surface area contributed by atoms with Crippen LogP contribution < -0.4 is 0 Å². The van der Waals surface area contributed by atoms with Crippen molar-refractivity contribution in [2.24, 2.45) is 5.41 Å². The van der Waals surface area contributed by atoms with Gasteiger partial charge in [-0.2, -0.15) is 5.26 Å². The summed E-state index contributed by atoms with van der Waals surface area (Å²) in [6.07, 6.45) is 2.86. The minimum Gasteiger partial charge on any atom is -0.421 e. The minimum atomic E-state index is 0.0355. The highest BCUT2D eigenvalue weighted by Crippen LogP contribution is 2.48. The molecule has 1 spiro atoms. The smallest absolute Gasteiger partial charge is 0.253 e. The molecule has 2 aliphatic heterocycles. The van der Waals surface area contributed by atoms with Gasteiger partial charge in [0.1, 0.15) is 6.61 Å². The van der Waals surface area contributed by atoms with Gasteiger partial charge in [0.15, 0.2) is 0 Å². The Morgan fingerprint density at radius 2 is 2.03 bits per heavy atom. The molecule has 2 fully saturated rings. The zero-order chi connectivity index (χ0) is 20.4. The number of amides is 1. The van der Waals surface area contributed by atoms with E-state index in [4.69, 9.17) is 14.4 Å². The lowest BCUT2D eigenvalue weighted by Crippen LogP contribution is -2.44. The lowest BCUT2D eigenvalue weighted by molar-refractivity contribution is 0.0593. The summed E-state index contributed by atoms with van der Waals surface area (Å²) in [7, 11) is 3.70. The Bertz CT molecular complexity index is 909. The van der Waals surface area contributed by atoms with Crippen LogP contribution in [0.2, 0.25) is 0 Å². The van der Waals surface area contributed by atoms with Crippen LogP contribution in [0, 0.1) is 16.7 Å². The molecule has 29 heavy (non-hydrogen) atoms. The zero-order valence-corrected chi connectivity index (χ0v) is 16.8. The van der Waals surface area contributed by atoms with Crippen molar-refractivity contribution in [1.82, 2.24) is 20.0 Å². The summed E-state index contributed by atoms with van der Waals surface area (Å²) in [5.74, 6) is 1.18. The number of piperidine rings is 1. The Kier molecular flexibility index (Phi) is 5.35. The second-order valence-electron chi connectivity index (χ2n) is 8.08. The molecule has 2 saturated heterocycles. The van der Waals surface area contributed by atoms with Gasteiger partial charge in [-0.25, -0.2) is 0 Å². The van der Waals surface area contributed by atoms with E-state index in [1.165, 1.54) is 0 Å². The summed E-state index contributed by atoms with van der Waals surface area (Å²) in [5.41, 5.74) is 1.36. The number of hydrogen-bond donors (Lipinski definition) is 0. The predicted molar refractivity (Wildman–Crippen MR) is 104 cm³/mol. The van der Waals surface area contributed by atoms with E-state index in [0.717, 1.165) is 38.9 Å². The van der Waals surface area contributed by atoms with E-state index in [9.17, 15) is 4.79 Å². The SMILES string of the molecule is COCc1nnc(C2CC3(CCN(C(=O)c4ccc(C#N)cc4)CC3)CN2C)o1. The molecule has 3 heterocycles. The number of carbonyl (C=O) groups is 1. The van der Waals surface area contributed by atoms with E-state index < -0.39 is 0 Å². The standard InChI is InChI=1S/C21H25N5O3/c1-25-14-21(11-17(25)19-24-23-18(29-19)13-28-2)7-9-26(10-8-21)20(27)16-5-3-15(12-22)4-6-16/h3-6,17H,7-11,13-14H2,1-2H3. The fraction of sp³-hybridized carbons (Fsp3) is 0.524. The molecule has 8 nitrogen and oxygen atoms in total. The highest BCUT2D eigenvalue weighted by Gasteiger charge is 2.46. The molecule has 152 valence electrons. The van der Waals surface area contributed by atoms with Crippen LogP contribution in [-0.4, -0.2) is 59.7 Å². The van der Waals surface area contributed by atoms with Crippen LogP contribution in [-0.2, 0) is 11.3 Å². The van der Waals surface area contributed by atoms with E-state index in [2.05, 4.69) is 28.2 Å². The van der Waals surface area contributed by atoms with E-state index in [1.54, 1.807) is 31.4 Å². The molecule has 0 saturated carbocycles. The van der Waals surface area contributed by atoms with Crippen LogP contribution in [0.15, 0.2) is 28.7 Å². The van der Waals surface area contributed by atoms with Crippen LogP contribution in [0.5, 0.6) is 0 Å². The van der Waals surface area contributed by atoms with Gasteiger partial charge in [0, 0.05) is 32.3 Å². The number of benzene rings is 1. The number of nitriles is 1. The number of methoxy groups -OCH3 is 1. The maximum absolute atomic E-state index is 12.8. The second kappa shape index (κ2) is 7.93. The van der Waals surface area contributed by atoms with Gasteiger partial charge in [0.25, 0.3) is 5.91 Å². The van der Waals surface area contributed by atoms with Crippen molar-refractivity contribution in [3.05, 3.63) is 47.2 Å². The maximum Gasteiger partial charge on any atom is 0.253 e. The number of carbonyl (C=O) groups excluding carboxylic acids is 1. The lowest BCUT2D eigenvalue weighted by atomic mass is 9.76. The van der Waals surface area contributed by atoms with Crippen molar-refractivity contribution in [2.45, 2.75) is 31.9 Å². The van der Waals surface area contributed by atoms with E-state index in [0.29, 0.717) is 29.5 Å². The molecule has 4 rings (SSSR count). The number of rotatable bonds is 4. The first-order valence-corrected chi connectivity index (χ1v) is 9.84. The molecular formula is C21H25N5O3. The zero-order valence-electron chi connectivity index (χ0n) is 16.8. The third-order valence-corrected chi connectivity index (χ3v) is 6.15. The maximum atomic E-state index is 12.8. The van der Waals surface area contributed by atoms with Crippen molar-refractivity contribution >= 4 is 5.91 Å². The molecule has 1 amide bonds. The normalized spacial score (nSPS) is 21.4. The molecule has 0 aliphatic carbocycles. The third-order valence-electron chi connectivity index (χ3n) is 6.15. The van der Waals surface area contributed by atoms with Crippen molar-refractivity contribution < 1.29 is 13.9 Å². The van der Waals surface area contributed by atoms with Gasteiger partial charge in [-0.3, -0.25) is 9.69 Å². The molecule has 2 aromatic rings. The number of hydrogen-bond acceptors (Lipinski definition) is 7. The van der Waals surface area contributed by atoms with Crippen LogP contribution in [0.3, 0.4) is 0 Å². The van der Waals surface area contributed by atoms with E-state index in [-0.39, 0.29) is 17.4 Å². The predicted octanol–water partition coefficient (Wildman–Crippen LogP) is 2.39. The number of likely N-dealkylation sites (tertiary alicyclic amines) is 2. The Morgan fingerprint density at radius 1 is 1.31 bits per heavy atom. The van der Waals surface area contributed by atoms with Gasteiger partial charge in [0.05, 0.1) is 17.7 Å². The lowest BCUT2D eigenvalue weighted by Gasteiger charge is -2.39. The van der Waals surface area contributed by atoms with Crippen LogP contribution >= 0.6 is 0 Å². The van der Waals surface area contributed by atoms with Gasteiger partial charge < -0.3 is 14.1 Å². The Labute approximate surface area is 170 Å². The van der Waals surface area contributed by atoms with E-state index >= 15 is 0 Å². The Hall–Kier alpha value is -2.76. The highest BCUT2D eigenvalue weighted by atomic mass is 16.5. The molecular weight excluding hydrogens is 370 g/mol. The highest BCUT2D eigenvalue weighted by molar-refractivity contribution is 5.94. The Balaban J connectivity index is 1.39. The summed E-state index contributed by atoms with van der Waals surface area (Å²) in [5, 5.41) is 17.2. The fourth-order valence-electron chi connectivity index (χ4n) is 4.54. The van der Waals surface area contributed by atoms with Gasteiger partial charge in [-0.15, -0.1) is 10.2 Å². The third kappa shape index (κ3) is 3.88. The Morgan fingerprint density at radius 3 is 2.69 bits per heavy atom. The van der Waals surface area contributed by atoms with Crippen LogP contribution in [0.4, 0.5) is 0 Å². The van der Waals surface area contributed by atoms with Crippen LogP contribution in [0.25, 0.3) is 0 Å². The summed E-state index contributed by atoms with van der Waals surface area (Å²) >= 11 is 0. The quantitative estimate of drug-likeness (QED) is 0.784. The number of nitrogens with zero attached hydrogens (tertiary/aromatic N) is 5.